The molecule has 2 amide bonds. The maximum atomic E-state index is 13.3. The number of benzene rings is 2. The smallest absolute Gasteiger partial charge is 0.256 e. The third-order valence-corrected chi connectivity index (χ3v) is 6.31. The summed E-state index contributed by atoms with van der Waals surface area (Å²) in [5, 5.41) is 6.80. The highest BCUT2D eigenvalue weighted by Crippen LogP contribution is 2.26. The monoisotopic (exact) mass is 466 g/mol. The van der Waals surface area contributed by atoms with Crippen molar-refractivity contribution < 1.29 is 9.59 Å². The Morgan fingerprint density at radius 2 is 1.56 bits per heavy atom. The molecule has 186 valence electrons. The summed E-state index contributed by atoms with van der Waals surface area (Å²) < 4.78 is 0. The highest BCUT2D eigenvalue weighted by atomic mass is 16.2. The largest absolute Gasteiger partial charge is 0.355 e. The number of rotatable bonds is 10. The molecule has 0 aromatic heterocycles. The Morgan fingerprint density at radius 1 is 0.971 bits per heavy atom. The molecule has 0 unspecified atom stereocenters. The molecule has 0 atom stereocenters. The number of amides is 2. The Balaban J connectivity index is 0.00000408. The summed E-state index contributed by atoms with van der Waals surface area (Å²) in [5.74, 6) is 0.543. The molecule has 0 spiro atoms. The zero-order valence-corrected chi connectivity index (χ0v) is 20.7. The SMILES string of the molecule is C.Cc1cccc(C)c1N(CC(=O)NCCCC(C)C)CC(=O)N(C)N1Cc2ccccc2C1. The zero-order valence-electron chi connectivity index (χ0n) is 20.7. The molecule has 1 N–H and O–H groups in total. The number of hydrogen-bond donors (Lipinski definition) is 1. The Bertz CT molecular complexity index is 927. The fourth-order valence-corrected chi connectivity index (χ4v) is 4.44. The first-order valence-electron chi connectivity index (χ1n) is 11.9. The molecule has 0 fully saturated rings. The molecule has 6 nitrogen and oxygen atoms in total. The van der Waals surface area contributed by atoms with Crippen LogP contribution in [0, 0.1) is 19.8 Å². The number of hydrogen-bond acceptors (Lipinski definition) is 4. The van der Waals surface area contributed by atoms with Gasteiger partial charge in [0, 0.05) is 32.4 Å². The second-order valence-electron chi connectivity index (χ2n) is 9.49. The number of carbonyl (C=O) groups is 2. The second kappa shape index (κ2) is 12.6. The molecule has 0 aliphatic carbocycles. The first-order valence-corrected chi connectivity index (χ1v) is 11.9. The molecule has 2 aromatic carbocycles. The minimum Gasteiger partial charge on any atom is -0.355 e. The van der Waals surface area contributed by atoms with E-state index in [0.29, 0.717) is 12.5 Å². The Morgan fingerprint density at radius 3 is 2.12 bits per heavy atom. The van der Waals surface area contributed by atoms with Crippen LogP contribution in [0.3, 0.4) is 0 Å². The quantitative estimate of drug-likeness (QED) is 0.516. The van der Waals surface area contributed by atoms with E-state index in [9.17, 15) is 9.59 Å². The van der Waals surface area contributed by atoms with Crippen LogP contribution in [0.2, 0.25) is 0 Å². The van der Waals surface area contributed by atoms with Crippen molar-refractivity contribution >= 4 is 17.5 Å². The van der Waals surface area contributed by atoms with E-state index in [1.807, 2.05) is 56.1 Å². The van der Waals surface area contributed by atoms with Gasteiger partial charge in [0.25, 0.3) is 5.91 Å². The molecular formula is C28H42N4O2. The predicted molar refractivity (Wildman–Crippen MR) is 140 cm³/mol. The average molecular weight is 467 g/mol. The number of nitrogens with one attached hydrogen (secondary N) is 1. The van der Waals surface area contributed by atoms with Gasteiger partial charge < -0.3 is 10.2 Å². The molecular weight excluding hydrogens is 424 g/mol. The van der Waals surface area contributed by atoms with Gasteiger partial charge in [-0.3, -0.25) is 14.6 Å². The molecule has 2 aromatic rings. The van der Waals surface area contributed by atoms with E-state index < -0.39 is 0 Å². The van der Waals surface area contributed by atoms with Gasteiger partial charge in [-0.25, -0.2) is 5.01 Å². The van der Waals surface area contributed by atoms with Crippen molar-refractivity contribution in [3.63, 3.8) is 0 Å². The van der Waals surface area contributed by atoms with Gasteiger partial charge in [-0.1, -0.05) is 63.7 Å². The van der Waals surface area contributed by atoms with Gasteiger partial charge >= 0.3 is 0 Å². The van der Waals surface area contributed by atoms with Gasteiger partial charge in [-0.2, -0.15) is 0 Å². The van der Waals surface area contributed by atoms with Crippen molar-refractivity contribution in [3.05, 3.63) is 64.7 Å². The maximum Gasteiger partial charge on any atom is 0.256 e. The number of hydrazine groups is 1. The molecule has 0 bridgehead atoms. The lowest BCUT2D eigenvalue weighted by molar-refractivity contribution is -0.145. The van der Waals surface area contributed by atoms with Crippen molar-refractivity contribution in [2.45, 2.75) is 61.1 Å². The molecule has 34 heavy (non-hydrogen) atoms. The van der Waals surface area contributed by atoms with Gasteiger partial charge in [0.1, 0.15) is 0 Å². The van der Waals surface area contributed by atoms with Crippen LogP contribution in [0.5, 0.6) is 0 Å². The fraction of sp³-hybridized carbons (Fsp3) is 0.500. The van der Waals surface area contributed by atoms with E-state index >= 15 is 0 Å². The summed E-state index contributed by atoms with van der Waals surface area (Å²) in [6, 6.07) is 14.4. The topological polar surface area (TPSA) is 55.9 Å². The van der Waals surface area contributed by atoms with Crippen LogP contribution in [0.4, 0.5) is 5.69 Å². The third kappa shape index (κ3) is 7.07. The number of nitrogens with zero attached hydrogens (tertiary/aromatic N) is 3. The first-order chi connectivity index (χ1) is 15.8. The number of aryl methyl sites for hydroxylation is 2. The third-order valence-electron chi connectivity index (χ3n) is 6.31. The molecule has 0 saturated heterocycles. The van der Waals surface area contributed by atoms with Gasteiger partial charge in [-0.05, 0) is 54.9 Å². The van der Waals surface area contributed by atoms with Crippen LogP contribution in [0.15, 0.2) is 42.5 Å². The summed E-state index contributed by atoms with van der Waals surface area (Å²) in [6.45, 7) is 10.8. The van der Waals surface area contributed by atoms with Crippen LogP contribution < -0.4 is 10.2 Å². The fourth-order valence-electron chi connectivity index (χ4n) is 4.44. The van der Waals surface area contributed by atoms with Gasteiger partial charge in [0.2, 0.25) is 5.91 Å². The summed E-state index contributed by atoms with van der Waals surface area (Å²) >= 11 is 0. The van der Waals surface area contributed by atoms with E-state index in [0.717, 1.165) is 42.7 Å². The van der Waals surface area contributed by atoms with E-state index in [2.05, 4.69) is 36.3 Å². The minimum absolute atomic E-state index is 0. The van der Waals surface area contributed by atoms with Crippen molar-refractivity contribution in [1.29, 1.82) is 0 Å². The van der Waals surface area contributed by atoms with Crippen molar-refractivity contribution in [2.75, 3.05) is 31.6 Å². The van der Waals surface area contributed by atoms with Crippen molar-refractivity contribution in [1.82, 2.24) is 15.3 Å². The summed E-state index contributed by atoms with van der Waals surface area (Å²) in [6.07, 6.45) is 2.05. The van der Waals surface area contributed by atoms with E-state index in [1.54, 1.807) is 5.01 Å². The molecule has 1 aliphatic rings. The van der Waals surface area contributed by atoms with Crippen molar-refractivity contribution in [3.8, 4) is 0 Å². The number of carbonyl (C=O) groups excluding carboxylic acids is 2. The summed E-state index contributed by atoms with van der Waals surface area (Å²) in [5.41, 5.74) is 5.59. The van der Waals surface area contributed by atoms with E-state index in [-0.39, 0.29) is 32.3 Å². The number of likely N-dealkylation sites (N-methyl/N-ethyl adjacent to an activating group) is 1. The Hall–Kier alpha value is -2.86. The lowest BCUT2D eigenvalue weighted by Gasteiger charge is -2.32. The molecule has 0 radical (unpaired) electrons. The van der Waals surface area contributed by atoms with E-state index in [1.165, 1.54) is 11.1 Å². The predicted octanol–water partition coefficient (Wildman–Crippen LogP) is 4.69. The lowest BCUT2D eigenvalue weighted by atomic mass is 10.1. The Labute approximate surface area is 205 Å². The summed E-state index contributed by atoms with van der Waals surface area (Å²) in [4.78, 5) is 28.0. The van der Waals surface area contributed by atoms with E-state index in [4.69, 9.17) is 0 Å². The van der Waals surface area contributed by atoms with Gasteiger partial charge in [0.15, 0.2) is 0 Å². The lowest BCUT2D eigenvalue weighted by Crippen LogP contribution is -2.48. The number of fused-ring (bicyclic) bond motifs is 1. The maximum absolute atomic E-state index is 13.3. The van der Waals surface area contributed by atoms with Crippen LogP contribution >= 0.6 is 0 Å². The van der Waals surface area contributed by atoms with Gasteiger partial charge in [0.05, 0.1) is 13.1 Å². The van der Waals surface area contributed by atoms with Gasteiger partial charge in [-0.15, -0.1) is 0 Å². The molecule has 0 saturated carbocycles. The van der Waals surface area contributed by atoms with Crippen molar-refractivity contribution in [2.24, 2.45) is 5.92 Å². The number of para-hydroxylation sites is 1. The normalized spacial score (nSPS) is 12.8. The highest BCUT2D eigenvalue weighted by Gasteiger charge is 2.27. The highest BCUT2D eigenvalue weighted by molar-refractivity contribution is 5.87. The second-order valence-corrected chi connectivity index (χ2v) is 9.49. The standard InChI is InChI=1S/C27H38N4O2.CH4/c1-20(2)10-9-15-28-25(32)18-30(27-21(3)11-8-12-22(27)4)19-26(33)29(5)31-16-23-13-6-7-14-24(23)17-31;/h6-8,11-14,20H,9-10,15-19H2,1-5H3,(H,28,32);1H4. The Kier molecular flexibility index (Phi) is 10.1. The van der Waals surface area contributed by atoms with Crippen LogP contribution in [0.25, 0.3) is 0 Å². The number of anilines is 1. The summed E-state index contributed by atoms with van der Waals surface area (Å²) in [7, 11) is 1.82. The minimum atomic E-state index is -0.0505. The van der Waals surface area contributed by atoms with Crippen LogP contribution in [-0.2, 0) is 22.7 Å². The molecule has 3 rings (SSSR count). The average Bonchev–Trinajstić information content (AvgIpc) is 3.20. The molecule has 1 aliphatic heterocycles. The molecule has 1 heterocycles. The first kappa shape index (κ1) is 27.4. The zero-order chi connectivity index (χ0) is 24.0. The molecule has 6 heteroatoms. The van der Waals surface area contributed by atoms with Crippen LogP contribution in [0.1, 0.15) is 56.4 Å². The van der Waals surface area contributed by atoms with Crippen LogP contribution in [-0.4, -0.2) is 48.5 Å².